The van der Waals surface area contributed by atoms with Crippen molar-refractivity contribution < 1.29 is 4.79 Å². The normalized spacial score (nSPS) is 10.6. The quantitative estimate of drug-likeness (QED) is 0.855. The van der Waals surface area contributed by atoms with Gasteiger partial charge in [0.25, 0.3) is 0 Å². The maximum atomic E-state index is 10.6. The van der Waals surface area contributed by atoms with Crippen molar-refractivity contribution in [3.63, 3.8) is 0 Å². The molecule has 0 unspecified atom stereocenters. The van der Waals surface area contributed by atoms with Gasteiger partial charge in [0.1, 0.15) is 0 Å². The first-order chi connectivity index (χ1) is 7.09. The van der Waals surface area contributed by atoms with Crippen LogP contribution in [0.5, 0.6) is 0 Å². The van der Waals surface area contributed by atoms with Crippen LogP contribution in [-0.2, 0) is 4.79 Å². The van der Waals surface area contributed by atoms with Crippen molar-refractivity contribution in [1.82, 2.24) is 10.3 Å². The van der Waals surface area contributed by atoms with Crippen LogP contribution in [0.15, 0.2) is 18.3 Å². The molecule has 1 rings (SSSR count). The highest BCUT2D eigenvalue weighted by Crippen LogP contribution is 2.12. The Bertz CT molecular complexity index is 388. The van der Waals surface area contributed by atoms with E-state index in [0.717, 1.165) is 11.3 Å². The fourth-order valence-electron chi connectivity index (χ4n) is 1.10. The van der Waals surface area contributed by atoms with Gasteiger partial charge in [-0.1, -0.05) is 17.7 Å². The molecule has 80 valence electrons. The Hall–Kier alpha value is -1.35. The maximum absolute atomic E-state index is 10.6. The lowest BCUT2D eigenvalue weighted by Gasteiger charge is -1.99. The summed E-state index contributed by atoms with van der Waals surface area (Å²) in [6.07, 6.45) is 5.32. The molecule has 0 aliphatic rings. The number of nitrogens with zero attached hydrogens (tertiary/aromatic N) is 1. The van der Waals surface area contributed by atoms with E-state index in [9.17, 15) is 4.79 Å². The zero-order valence-electron chi connectivity index (χ0n) is 8.75. The largest absolute Gasteiger partial charge is 0.353 e. The Morgan fingerprint density at radius 3 is 3.00 bits per heavy atom. The summed E-state index contributed by atoms with van der Waals surface area (Å²) in [4.78, 5) is 14.8. The van der Waals surface area contributed by atoms with E-state index >= 15 is 0 Å². The van der Waals surface area contributed by atoms with E-state index in [4.69, 9.17) is 11.6 Å². The molecule has 1 aromatic heterocycles. The predicted molar refractivity (Wildman–Crippen MR) is 61.7 cm³/mol. The Kier molecular flexibility index (Phi) is 4.31. The van der Waals surface area contributed by atoms with Crippen LogP contribution in [-0.4, -0.2) is 17.4 Å². The fourth-order valence-corrected chi connectivity index (χ4v) is 1.31. The standard InChI is InChI=1S/C11H13ClN2O/c1-8-6-10(12)7-14-11(8)4-3-5-13-9(2)15/h3-4,6-7H,5H2,1-2H3,(H,13,15). The Morgan fingerprint density at radius 2 is 2.40 bits per heavy atom. The lowest BCUT2D eigenvalue weighted by Crippen LogP contribution is -2.19. The number of rotatable bonds is 3. The van der Waals surface area contributed by atoms with E-state index in [1.807, 2.05) is 25.1 Å². The molecule has 0 aliphatic heterocycles. The van der Waals surface area contributed by atoms with Gasteiger partial charge >= 0.3 is 0 Å². The van der Waals surface area contributed by atoms with Crippen molar-refractivity contribution in [3.8, 4) is 0 Å². The van der Waals surface area contributed by atoms with Crippen LogP contribution in [0.3, 0.4) is 0 Å². The number of hydrogen-bond acceptors (Lipinski definition) is 2. The average Bonchev–Trinajstić information content (AvgIpc) is 2.14. The second-order valence-corrected chi connectivity index (χ2v) is 3.63. The topological polar surface area (TPSA) is 42.0 Å². The van der Waals surface area contributed by atoms with Crippen LogP contribution in [0.4, 0.5) is 0 Å². The van der Waals surface area contributed by atoms with E-state index in [-0.39, 0.29) is 5.91 Å². The third-order valence-electron chi connectivity index (χ3n) is 1.83. The molecule has 0 bridgehead atoms. The number of carbonyl (C=O) groups excluding carboxylic acids is 1. The van der Waals surface area contributed by atoms with Gasteiger partial charge in [0.05, 0.1) is 10.7 Å². The first-order valence-electron chi connectivity index (χ1n) is 4.62. The zero-order chi connectivity index (χ0) is 11.3. The number of aromatic nitrogens is 1. The number of carbonyl (C=O) groups is 1. The molecular formula is C11H13ClN2O. The van der Waals surface area contributed by atoms with Gasteiger partial charge in [-0.25, -0.2) is 0 Å². The summed E-state index contributed by atoms with van der Waals surface area (Å²) in [6.45, 7) is 3.94. The lowest BCUT2D eigenvalue weighted by molar-refractivity contribution is -0.118. The maximum Gasteiger partial charge on any atom is 0.217 e. The van der Waals surface area contributed by atoms with Gasteiger partial charge in [0.15, 0.2) is 0 Å². The molecule has 1 aromatic rings. The minimum atomic E-state index is -0.0413. The molecule has 0 aliphatic carbocycles. The predicted octanol–water partition coefficient (Wildman–Crippen LogP) is 2.19. The third-order valence-corrected chi connectivity index (χ3v) is 2.04. The number of aryl methyl sites for hydroxylation is 1. The van der Waals surface area contributed by atoms with Gasteiger partial charge in [-0.2, -0.15) is 0 Å². The van der Waals surface area contributed by atoms with Crippen molar-refractivity contribution >= 4 is 23.6 Å². The summed E-state index contributed by atoms with van der Waals surface area (Å²) in [5, 5.41) is 3.30. The Morgan fingerprint density at radius 1 is 1.67 bits per heavy atom. The summed E-state index contributed by atoms with van der Waals surface area (Å²) in [6, 6.07) is 1.85. The number of pyridine rings is 1. The minimum Gasteiger partial charge on any atom is -0.353 e. The summed E-state index contributed by atoms with van der Waals surface area (Å²) in [5.74, 6) is -0.0413. The summed E-state index contributed by atoms with van der Waals surface area (Å²) >= 11 is 5.78. The van der Waals surface area contributed by atoms with Crippen LogP contribution < -0.4 is 5.32 Å². The van der Waals surface area contributed by atoms with E-state index in [2.05, 4.69) is 10.3 Å². The van der Waals surface area contributed by atoms with E-state index < -0.39 is 0 Å². The van der Waals surface area contributed by atoms with E-state index in [1.54, 1.807) is 6.20 Å². The molecule has 0 radical (unpaired) electrons. The molecular weight excluding hydrogens is 212 g/mol. The van der Waals surface area contributed by atoms with Gasteiger partial charge < -0.3 is 5.32 Å². The molecule has 0 saturated carbocycles. The Labute approximate surface area is 94.2 Å². The van der Waals surface area contributed by atoms with Crippen molar-refractivity contribution in [2.24, 2.45) is 0 Å². The summed E-state index contributed by atoms with van der Waals surface area (Å²) < 4.78 is 0. The van der Waals surface area contributed by atoms with Crippen LogP contribution >= 0.6 is 11.6 Å². The van der Waals surface area contributed by atoms with Crippen molar-refractivity contribution in [1.29, 1.82) is 0 Å². The molecule has 0 spiro atoms. The molecule has 0 aromatic carbocycles. The molecule has 15 heavy (non-hydrogen) atoms. The molecule has 3 nitrogen and oxygen atoms in total. The Balaban J connectivity index is 2.60. The highest BCUT2D eigenvalue weighted by molar-refractivity contribution is 6.30. The second kappa shape index (κ2) is 5.51. The average molecular weight is 225 g/mol. The second-order valence-electron chi connectivity index (χ2n) is 3.20. The van der Waals surface area contributed by atoms with Gasteiger partial charge in [0, 0.05) is 19.7 Å². The molecule has 4 heteroatoms. The number of halogens is 1. The first-order valence-corrected chi connectivity index (χ1v) is 5.00. The molecule has 0 atom stereocenters. The fraction of sp³-hybridized carbons (Fsp3) is 0.273. The van der Waals surface area contributed by atoms with Gasteiger partial charge in [-0.05, 0) is 24.6 Å². The van der Waals surface area contributed by atoms with Crippen LogP contribution in [0, 0.1) is 6.92 Å². The van der Waals surface area contributed by atoms with E-state index in [0.29, 0.717) is 11.6 Å². The number of nitrogens with one attached hydrogen (secondary N) is 1. The van der Waals surface area contributed by atoms with Crippen molar-refractivity contribution in [2.75, 3.05) is 6.54 Å². The number of amides is 1. The van der Waals surface area contributed by atoms with Gasteiger partial charge in [0.2, 0.25) is 5.91 Å². The molecule has 1 heterocycles. The zero-order valence-corrected chi connectivity index (χ0v) is 9.51. The molecule has 1 N–H and O–H groups in total. The van der Waals surface area contributed by atoms with Crippen LogP contribution in [0.25, 0.3) is 6.08 Å². The van der Waals surface area contributed by atoms with Crippen molar-refractivity contribution in [2.45, 2.75) is 13.8 Å². The highest BCUT2D eigenvalue weighted by Gasteiger charge is 1.96. The summed E-state index contributed by atoms with van der Waals surface area (Å²) in [5.41, 5.74) is 1.88. The monoisotopic (exact) mass is 224 g/mol. The highest BCUT2D eigenvalue weighted by atomic mass is 35.5. The minimum absolute atomic E-state index is 0.0413. The molecule has 0 fully saturated rings. The first kappa shape index (κ1) is 11.7. The lowest BCUT2D eigenvalue weighted by atomic mass is 10.2. The van der Waals surface area contributed by atoms with E-state index in [1.165, 1.54) is 6.92 Å². The smallest absolute Gasteiger partial charge is 0.217 e. The summed E-state index contributed by atoms with van der Waals surface area (Å²) in [7, 11) is 0. The van der Waals surface area contributed by atoms with Crippen LogP contribution in [0.1, 0.15) is 18.2 Å². The van der Waals surface area contributed by atoms with Crippen molar-refractivity contribution in [3.05, 3.63) is 34.6 Å². The van der Waals surface area contributed by atoms with Gasteiger partial charge in [-0.3, -0.25) is 9.78 Å². The molecule has 0 saturated heterocycles. The SMILES string of the molecule is CC(=O)NCC=Cc1ncc(Cl)cc1C. The number of hydrogen-bond donors (Lipinski definition) is 1. The van der Waals surface area contributed by atoms with Crippen LogP contribution in [0.2, 0.25) is 5.02 Å². The van der Waals surface area contributed by atoms with Gasteiger partial charge in [-0.15, -0.1) is 0 Å². The third kappa shape index (κ3) is 4.13. The molecule has 1 amide bonds.